The second-order valence-corrected chi connectivity index (χ2v) is 8.73. The summed E-state index contributed by atoms with van der Waals surface area (Å²) in [6.45, 7) is 9.39. The monoisotopic (exact) mass is 529 g/mol. The molecule has 200 valence electrons. The lowest BCUT2D eigenvalue weighted by molar-refractivity contribution is 0.0945. The van der Waals surface area contributed by atoms with Gasteiger partial charge in [0.15, 0.2) is 5.82 Å². The number of amides is 1. The van der Waals surface area contributed by atoms with Crippen LogP contribution in [-0.4, -0.2) is 40.2 Å². The Bertz CT molecular complexity index is 1130. The number of hydrazine groups is 1. The highest BCUT2D eigenvalue weighted by Gasteiger charge is 2.27. The van der Waals surface area contributed by atoms with Crippen LogP contribution in [0, 0.1) is 17.8 Å². The molecule has 1 aliphatic heterocycles. The number of hydrogen-bond donors (Lipinski definition) is 4. The van der Waals surface area contributed by atoms with E-state index < -0.39 is 11.7 Å². The zero-order chi connectivity index (χ0) is 27.4. The number of hydrogen-bond acceptors (Lipinski definition) is 8. The predicted octanol–water partition coefficient (Wildman–Crippen LogP) is 4.45. The largest absolute Gasteiger partial charge is 0.494 e. The number of methoxy groups -OCH3 is 1. The number of ether oxygens (including phenoxy) is 1. The minimum absolute atomic E-state index is 0.126. The van der Waals surface area contributed by atoms with Crippen LogP contribution >= 0.6 is 11.8 Å². The molecular weight excluding hydrogens is 493 g/mol. The van der Waals surface area contributed by atoms with Crippen molar-refractivity contribution in [1.82, 2.24) is 26.1 Å². The third kappa shape index (κ3) is 8.42. The van der Waals surface area contributed by atoms with Gasteiger partial charge in [-0.1, -0.05) is 51.3 Å². The molecule has 3 heterocycles. The van der Waals surface area contributed by atoms with E-state index in [0.717, 1.165) is 19.2 Å². The fourth-order valence-electron chi connectivity index (χ4n) is 3.16. The molecule has 0 aromatic carbocycles. The molecule has 3 unspecified atom stereocenters. The Kier molecular flexibility index (Phi) is 12.3. The maximum Gasteiger partial charge on any atom is 0.254 e. The number of carbonyl (C=O) groups excluding carboxylic acids is 1. The van der Waals surface area contributed by atoms with E-state index in [9.17, 15) is 9.18 Å². The van der Waals surface area contributed by atoms with Crippen LogP contribution in [0.3, 0.4) is 0 Å². The van der Waals surface area contributed by atoms with Crippen LogP contribution in [0.4, 0.5) is 10.2 Å². The van der Waals surface area contributed by atoms with Gasteiger partial charge in [0.05, 0.1) is 30.9 Å². The molecule has 1 amide bonds. The Morgan fingerprint density at radius 2 is 1.95 bits per heavy atom. The third-order valence-electron chi connectivity index (χ3n) is 5.02. The maximum absolute atomic E-state index is 14.0. The van der Waals surface area contributed by atoms with E-state index in [4.69, 9.17) is 10.5 Å². The lowest BCUT2D eigenvalue weighted by Crippen LogP contribution is -2.43. The van der Waals surface area contributed by atoms with Crippen molar-refractivity contribution < 1.29 is 13.9 Å². The molecule has 11 heteroatoms. The fraction of sp³-hybridized carbons (Fsp3) is 0.462. The van der Waals surface area contributed by atoms with Gasteiger partial charge in [-0.2, -0.15) is 0 Å². The third-order valence-corrected chi connectivity index (χ3v) is 6.04. The van der Waals surface area contributed by atoms with Crippen LogP contribution in [0.2, 0.25) is 0 Å². The maximum atomic E-state index is 14.0. The molecule has 1 aliphatic carbocycles. The van der Waals surface area contributed by atoms with Gasteiger partial charge in [-0.15, -0.1) is 0 Å². The normalized spacial score (nSPS) is 18.9. The van der Waals surface area contributed by atoms with E-state index in [2.05, 4.69) is 43.0 Å². The van der Waals surface area contributed by atoms with Gasteiger partial charge >= 0.3 is 0 Å². The number of aromatic nitrogens is 2. The minimum atomic E-state index is -1.29. The van der Waals surface area contributed by atoms with Crippen LogP contribution in [0.1, 0.15) is 69.7 Å². The summed E-state index contributed by atoms with van der Waals surface area (Å²) in [4.78, 5) is 25.6. The number of halogens is 1. The van der Waals surface area contributed by atoms with Crippen molar-refractivity contribution in [2.75, 3.05) is 7.11 Å². The van der Waals surface area contributed by atoms with E-state index in [0.29, 0.717) is 22.8 Å². The molecule has 1 saturated carbocycles. The molecule has 2 aromatic rings. The number of nitrogens with two attached hydrogens (primary N) is 1. The Balaban J connectivity index is 0.00000115. The summed E-state index contributed by atoms with van der Waals surface area (Å²) < 4.78 is 19.4. The van der Waals surface area contributed by atoms with Gasteiger partial charge in [0, 0.05) is 23.2 Å². The minimum Gasteiger partial charge on any atom is -0.494 e. The standard InChI is InChI=1S/C22H24FN7O2S.2C2H6/c1-12(23)17-7-14(18(32-2)10-25-17)16-9-26-19(27-11-24)8-15(16)21(31)28-22-30-29-20(33-22)6-5-13-3-4-13;2*1-2/h7-13,20,22,29-30H,3-4H2,1-2H3,(H,28,31)(H2,24,26,27);2*1-2H3. The summed E-state index contributed by atoms with van der Waals surface area (Å²) >= 11 is 1.46. The first-order valence-corrected chi connectivity index (χ1v) is 13.3. The van der Waals surface area contributed by atoms with E-state index >= 15 is 0 Å². The average molecular weight is 530 g/mol. The predicted molar refractivity (Wildman–Crippen MR) is 148 cm³/mol. The summed E-state index contributed by atoms with van der Waals surface area (Å²) in [6, 6.07) is 3.07. The second kappa shape index (κ2) is 15.1. The molecule has 5 N–H and O–H groups in total. The van der Waals surface area contributed by atoms with Gasteiger partial charge in [0.25, 0.3) is 5.91 Å². The van der Waals surface area contributed by atoms with Crippen LogP contribution in [0.25, 0.3) is 11.1 Å². The molecule has 37 heavy (non-hydrogen) atoms. The van der Waals surface area contributed by atoms with E-state index in [1.807, 2.05) is 27.7 Å². The quantitative estimate of drug-likeness (QED) is 0.246. The summed E-state index contributed by atoms with van der Waals surface area (Å²) in [7, 11) is 1.48. The molecule has 0 spiro atoms. The number of alkyl halides is 1. The lowest BCUT2D eigenvalue weighted by Gasteiger charge is -2.16. The average Bonchev–Trinajstić information content (AvgIpc) is 3.66. The highest BCUT2D eigenvalue weighted by Crippen LogP contribution is 2.35. The summed E-state index contributed by atoms with van der Waals surface area (Å²) in [5, 5.41) is 2.80. The Labute approximate surface area is 222 Å². The van der Waals surface area contributed by atoms with E-state index in [-0.39, 0.29) is 28.4 Å². The fourth-order valence-corrected chi connectivity index (χ4v) is 4.01. The van der Waals surface area contributed by atoms with E-state index in [1.165, 1.54) is 44.3 Å². The molecule has 0 bridgehead atoms. The molecule has 0 radical (unpaired) electrons. The molecule has 1 saturated heterocycles. The van der Waals surface area contributed by atoms with Crippen LogP contribution in [-0.2, 0) is 0 Å². The van der Waals surface area contributed by atoms with Crippen molar-refractivity contribution in [3.8, 4) is 28.7 Å². The number of pyridine rings is 2. The van der Waals surface area contributed by atoms with Crippen LogP contribution < -0.4 is 26.6 Å². The Hall–Kier alpha value is -3.20. The van der Waals surface area contributed by atoms with E-state index in [1.54, 1.807) is 6.07 Å². The van der Waals surface area contributed by atoms with Crippen LogP contribution in [0.15, 0.2) is 29.5 Å². The van der Waals surface area contributed by atoms with Crippen molar-refractivity contribution in [2.24, 2.45) is 16.6 Å². The second-order valence-electron chi connectivity index (χ2n) is 7.51. The molecule has 4 rings (SSSR count). The van der Waals surface area contributed by atoms with Crippen molar-refractivity contribution in [3.05, 3.63) is 35.8 Å². The smallest absolute Gasteiger partial charge is 0.254 e. The van der Waals surface area contributed by atoms with Gasteiger partial charge in [-0.25, -0.2) is 25.2 Å². The number of thioether (sulfide) groups is 1. The zero-order valence-electron chi connectivity index (χ0n) is 22.1. The summed E-state index contributed by atoms with van der Waals surface area (Å²) in [5.41, 5.74) is 12.5. The Morgan fingerprint density at radius 1 is 1.22 bits per heavy atom. The number of carbonyl (C=O) groups is 1. The first-order chi connectivity index (χ1) is 18.0. The number of nitrogens with zero attached hydrogens (tertiary/aromatic N) is 3. The van der Waals surface area contributed by atoms with Crippen LogP contribution in [0.5, 0.6) is 5.75 Å². The molecule has 2 fully saturated rings. The number of rotatable bonds is 6. The van der Waals surface area contributed by atoms with Gasteiger partial charge in [-0.05, 0) is 31.9 Å². The van der Waals surface area contributed by atoms with Gasteiger partial charge < -0.3 is 15.8 Å². The van der Waals surface area contributed by atoms with Crippen molar-refractivity contribution >= 4 is 29.8 Å². The zero-order valence-corrected chi connectivity index (χ0v) is 22.9. The van der Waals surface area contributed by atoms with Gasteiger partial charge in [0.1, 0.15) is 22.8 Å². The number of nitrogens with one attached hydrogen (secondary N) is 3. The SMILES string of the molecule is CC.CC.COc1cnc(C(C)F)cc1-c1cnc(N=CN)cc1C(=O)NC1NNC(C#CC2CC2)S1. The summed E-state index contributed by atoms with van der Waals surface area (Å²) in [6.07, 6.45) is 5.02. The highest BCUT2D eigenvalue weighted by molar-refractivity contribution is 8.00. The number of aliphatic imine (C=N–C) groups is 1. The molecule has 2 aromatic heterocycles. The Morgan fingerprint density at radius 3 is 2.57 bits per heavy atom. The highest BCUT2D eigenvalue weighted by atomic mass is 32.2. The van der Waals surface area contributed by atoms with Crippen molar-refractivity contribution in [3.63, 3.8) is 0 Å². The molecule has 9 nitrogen and oxygen atoms in total. The lowest BCUT2D eigenvalue weighted by atomic mass is 10.00. The molecular formula is C26H36FN7O2S. The summed E-state index contributed by atoms with van der Waals surface area (Å²) in [5.74, 6) is 7.14. The van der Waals surface area contributed by atoms with Crippen molar-refractivity contribution in [2.45, 2.75) is 64.5 Å². The first kappa shape index (κ1) is 30.0. The molecule has 3 atom stereocenters. The van der Waals surface area contributed by atoms with Gasteiger partial charge in [-0.3, -0.25) is 9.78 Å². The van der Waals surface area contributed by atoms with Gasteiger partial charge in [0.2, 0.25) is 0 Å². The molecule has 2 aliphatic rings. The first-order valence-electron chi connectivity index (χ1n) is 12.4. The topological polar surface area (TPSA) is 127 Å². The van der Waals surface area contributed by atoms with Crippen molar-refractivity contribution in [1.29, 1.82) is 0 Å².